The molecule has 4 nitrogen and oxygen atoms in total. The first-order valence-corrected chi connectivity index (χ1v) is 10.3. The average molecular weight is 393 g/mol. The van der Waals surface area contributed by atoms with Gasteiger partial charge >= 0.3 is 0 Å². The third kappa shape index (κ3) is 5.21. The van der Waals surface area contributed by atoms with Crippen molar-refractivity contribution in [3.63, 3.8) is 0 Å². The normalized spacial score (nSPS) is 20.0. The fraction of sp³-hybridized carbons (Fsp3) is 0.500. The number of halogens is 1. The van der Waals surface area contributed by atoms with Gasteiger partial charge in [-0.15, -0.1) is 11.3 Å². The highest BCUT2D eigenvalue weighted by Gasteiger charge is 2.25. The van der Waals surface area contributed by atoms with Crippen molar-refractivity contribution >= 4 is 28.8 Å². The van der Waals surface area contributed by atoms with E-state index < -0.39 is 0 Å². The van der Waals surface area contributed by atoms with E-state index in [0.717, 1.165) is 35.2 Å². The maximum absolute atomic E-state index is 12.6. The number of ether oxygens (including phenoxy) is 1. The Morgan fingerprint density at radius 2 is 1.96 bits per heavy atom. The van der Waals surface area contributed by atoms with Gasteiger partial charge < -0.3 is 9.64 Å². The van der Waals surface area contributed by atoms with Crippen molar-refractivity contribution in [3.05, 3.63) is 45.4 Å². The van der Waals surface area contributed by atoms with Crippen molar-refractivity contribution in [2.75, 3.05) is 7.05 Å². The zero-order chi connectivity index (χ0) is 18.5. The summed E-state index contributed by atoms with van der Waals surface area (Å²) in [7, 11) is 1.93. The molecule has 2 aromatic rings. The van der Waals surface area contributed by atoms with Crippen molar-refractivity contribution < 1.29 is 9.53 Å². The molecule has 1 aliphatic rings. The lowest BCUT2D eigenvalue weighted by Gasteiger charge is -2.33. The van der Waals surface area contributed by atoms with Gasteiger partial charge in [0.1, 0.15) is 17.4 Å². The second-order valence-electron chi connectivity index (χ2n) is 7.07. The molecule has 0 N–H and O–H groups in total. The van der Waals surface area contributed by atoms with Gasteiger partial charge in [0, 0.05) is 23.5 Å². The molecule has 1 saturated carbocycles. The number of nitrogens with zero attached hydrogens (tertiary/aromatic N) is 2. The van der Waals surface area contributed by atoms with Gasteiger partial charge in [-0.2, -0.15) is 0 Å². The summed E-state index contributed by atoms with van der Waals surface area (Å²) in [5.74, 6) is 1.70. The van der Waals surface area contributed by atoms with E-state index in [1.165, 1.54) is 24.2 Å². The Labute approximate surface area is 164 Å². The summed E-state index contributed by atoms with van der Waals surface area (Å²) in [5, 5.41) is 3.51. The number of carbonyl (C=O) groups excluding carboxylic acids is 1. The topological polar surface area (TPSA) is 42.4 Å². The van der Waals surface area contributed by atoms with Crippen LogP contribution in [0.25, 0.3) is 0 Å². The van der Waals surface area contributed by atoms with Crippen LogP contribution >= 0.6 is 22.9 Å². The Kier molecular flexibility index (Phi) is 6.54. The molecule has 6 heteroatoms. The molecule has 0 spiro atoms. The van der Waals surface area contributed by atoms with E-state index in [1.807, 2.05) is 29.5 Å². The molecule has 1 heterocycles. The van der Waals surface area contributed by atoms with Crippen molar-refractivity contribution in [1.82, 2.24) is 9.88 Å². The number of rotatable bonds is 6. The molecule has 0 aliphatic heterocycles. The van der Waals surface area contributed by atoms with Gasteiger partial charge in [-0.3, -0.25) is 4.79 Å². The molecule has 3 rings (SSSR count). The van der Waals surface area contributed by atoms with Gasteiger partial charge in [0.15, 0.2) is 0 Å². The molecule has 0 unspecified atom stereocenters. The lowest BCUT2D eigenvalue weighted by molar-refractivity contribution is -0.132. The van der Waals surface area contributed by atoms with E-state index >= 15 is 0 Å². The Hall–Kier alpha value is -1.59. The molecule has 26 heavy (non-hydrogen) atoms. The summed E-state index contributed by atoms with van der Waals surface area (Å²) in [4.78, 5) is 19.0. The van der Waals surface area contributed by atoms with E-state index in [2.05, 4.69) is 11.9 Å². The van der Waals surface area contributed by atoms with Crippen LogP contribution < -0.4 is 4.74 Å². The number of amides is 1. The van der Waals surface area contributed by atoms with E-state index in [4.69, 9.17) is 16.3 Å². The van der Waals surface area contributed by atoms with Crippen LogP contribution in [0.2, 0.25) is 5.02 Å². The third-order valence-corrected chi connectivity index (χ3v) is 6.16. The third-order valence-electron chi connectivity index (χ3n) is 5.03. The summed E-state index contributed by atoms with van der Waals surface area (Å²) >= 11 is 7.40. The second kappa shape index (κ2) is 8.87. The Balaban J connectivity index is 1.49. The molecule has 1 amide bonds. The van der Waals surface area contributed by atoms with Crippen LogP contribution in [-0.2, 0) is 17.8 Å². The predicted octanol–water partition coefficient (Wildman–Crippen LogP) is 4.96. The first-order valence-electron chi connectivity index (χ1n) is 9.08. The zero-order valence-electron chi connectivity index (χ0n) is 15.3. The van der Waals surface area contributed by atoms with Crippen molar-refractivity contribution in [2.24, 2.45) is 5.92 Å². The molecular weight excluding hydrogens is 368 g/mol. The van der Waals surface area contributed by atoms with Crippen LogP contribution in [0, 0.1) is 5.92 Å². The van der Waals surface area contributed by atoms with Gasteiger partial charge in [0.25, 0.3) is 0 Å². The quantitative estimate of drug-likeness (QED) is 0.698. The second-order valence-corrected chi connectivity index (χ2v) is 8.45. The van der Waals surface area contributed by atoms with Crippen LogP contribution in [0.4, 0.5) is 0 Å². The van der Waals surface area contributed by atoms with Gasteiger partial charge in [-0.25, -0.2) is 4.98 Å². The van der Waals surface area contributed by atoms with Gasteiger partial charge in [0.2, 0.25) is 5.91 Å². The van der Waals surface area contributed by atoms with Gasteiger partial charge in [0.05, 0.1) is 12.1 Å². The predicted molar refractivity (Wildman–Crippen MR) is 106 cm³/mol. The first kappa shape index (κ1) is 19.2. The minimum atomic E-state index is 0.153. The van der Waals surface area contributed by atoms with Crippen LogP contribution in [-0.4, -0.2) is 28.9 Å². The minimum Gasteiger partial charge on any atom is -0.486 e. The molecular formula is C20H25ClN2O2S. The molecule has 1 aliphatic carbocycles. The SMILES string of the molecule is CC1CCC(N(C)C(=O)Cc2csc(COc3ccc(Cl)cc3)n2)CC1. The maximum Gasteiger partial charge on any atom is 0.228 e. The summed E-state index contributed by atoms with van der Waals surface area (Å²) in [5.41, 5.74) is 0.825. The fourth-order valence-corrected chi connectivity index (χ4v) is 4.12. The summed E-state index contributed by atoms with van der Waals surface area (Å²) in [6.45, 7) is 2.69. The van der Waals surface area contributed by atoms with Crippen molar-refractivity contribution in [2.45, 2.75) is 51.7 Å². The van der Waals surface area contributed by atoms with E-state index in [9.17, 15) is 4.79 Å². The Morgan fingerprint density at radius 3 is 2.65 bits per heavy atom. The summed E-state index contributed by atoms with van der Waals surface area (Å²) in [6.07, 6.45) is 5.01. The number of thiazole rings is 1. The monoisotopic (exact) mass is 392 g/mol. The molecule has 0 atom stereocenters. The van der Waals surface area contributed by atoms with E-state index in [1.54, 1.807) is 12.1 Å². The standard InChI is InChI=1S/C20H25ClN2O2S/c1-14-3-7-17(8-4-14)23(2)20(24)11-16-13-26-19(22-16)12-25-18-9-5-15(21)6-10-18/h5-6,9-10,13-14,17H,3-4,7-8,11-12H2,1-2H3. The summed E-state index contributed by atoms with van der Waals surface area (Å²) in [6, 6.07) is 7.64. The van der Waals surface area contributed by atoms with Gasteiger partial charge in [-0.1, -0.05) is 18.5 Å². The lowest BCUT2D eigenvalue weighted by atomic mass is 9.86. The summed E-state index contributed by atoms with van der Waals surface area (Å²) < 4.78 is 5.71. The highest BCUT2D eigenvalue weighted by Crippen LogP contribution is 2.27. The number of aromatic nitrogens is 1. The fourth-order valence-electron chi connectivity index (χ4n) is 3.29. The lowest BCUT2D eigenvalue weighted by Crippen LogP contribution is -2.40. The number of carbonyl (C=O) groups is 1. The molecule has 0 bridgehead atoms. The molecule has 1 fully saturated rings. The highest BCUT2D eigenvalue weighted by atomic mass is 35.5. The number of likely N-dealkylation sites (N-methyl/N-ethyl adjacent to an activating group) is 1. The van der Waals surface area contributed by atoms with Crippen LogP contribution in [0.1, 0.15) is 43.3 Å². The smallest absolute Gasteiger partial charge is 0.228 e. The Morgan fingerprint density at radius 1 is 1.27 bits per heavy atom. The highest BCUT2D eigenvalue weighted by molar-refractivity contribution is 7.09. The zero-order valence-corrected chi connectivity index (χ0v) is 16.9. The van der Waals surface area contributed by atoms with Crippen LogP contribution in [0.15, 0.2) is 29.6 Å². The maximum atomic E-state index is 12.6. The average Bonchev–Trinajstić information content (AvgIpc) is 3.08. The van der Waals surface area contributed by atoms with E-state index in [-0.39, 0.29) is 5.91 Å². The van der Waals surface area contributed by atoms with Crippen molar-refractivity contribution in [1.29, 1.82) is 0 Å². The number of benzene rings is 1. The Bertz CT molecular complexity index is 724. The number of hydrogen-bond acceptors (Lipinski definition) is 4. The van der Waals surface area contributed by atoms with Crippen LogP contribution in [0.3, 0.4) is 0 Å². The molecule has 0 radical (unpaired) electrons. The minimum absolute atomic E-state index is 0.153. The largest absolute Gasteiger partial charge is 0.486 e. The van der Waals surface area contributed by atoms with Crippen LogP contribution in [0.5, 0.6) is 5.75 Å². The van der Waals surface area contributed by atoms with Gasteiger partial charge in [-0.05, 0) is 55.9 Å². The van der Waals surface area contributed by atoms with E-state index in [0.29, 0.717) is 24.1 Å². The molecule has 1 aromatic heterocycles. The van der Waals surface area contributed by atoms with Crippen molar-refractivity contribution in [3.8, 4) is 5.75 Å². The first-order chi connectivity index (χ1) is 12.5. The number of hydrogen-bond donors (Lipinski definition) is 0. The molecule has 140 valence electrons. The molecule has 0 saturated heterocycles. The molecule has 1 aromatic carbocycles.